The fraction of sp³-hybridized carbons (Fsp3) is 0.500. The number of anilines is 2. The predicted octanol–water partition coefficient (Wildman–Crippen LogP) is 3.07. The molecule has 156 valence electrons. The van der Waals surface area contributed by atoms with E-state index in [-0.39, 0.29) is 5.91 Å². The van der Waals surface area contributed by atoms with E-state index in [4.69, 9.17) is 4.74 Å². The molecule has 0 bridgehead atoms. The molecule has 3 rings (SSSR count). The molecule has 0 atom stereocenters. The highest BCUT2D eigenvalue weighted by atomic mass is 16.5. The van der Waals surface area contributed by atoms with Crippen molar-refractivity contribution >= 4 is 17.5 Å². The molecular formula is C22H31N5O2. The van der Waals surface area contributed by atoms with Gasteiger partial charge in [0.1, 0.15) is 5.75 Å². The van der Waals surface area contributed by atoms with Crippen LogP contribution in [0, 0.1) is 0 Å². The second-order valence-corrected chi connectivity index (χ2v) is 7.21. The maximum atomic E-state index is 12.9. The van der Waals surface area contributed by atoms with Gasteiger partial charge in [-0.05, 0) is 25.0 Å². The van der Waals surface area contributed by atoms with E-state index in [2.05, 4.69) is 39.7 Å². The van der Waals surface area contributed by atoms with Gasteiger partial charge < -0.3 is 19.4 Å². The normalized spacial score (nSPS) is 14.0. The highest BCUT2D eigenvalue weighted by Crippen LogP contribution is 2.28. The van der Waals surface area contributed by atoms with Gasteiger partial charge in [0.15, 0.2) is 0 Å². The first-order chi connectivity index (χ1) is 14.2. The first-order valence-corrected chi connectivity index (χ1v) is 10.4. The first kappa shape index (κ1) is 20.9. The summed E-state index contributed by atoms with van der Waals surface area (Å²) in [5.41, 5.74) is 1.62. The van der Waals surface area contributed by atoms with Crippen molar-refractivity contribution in [1.29, 1.82) is 0 Å². The molecule has 1 fully saturated rings. The lowest BCUT2D eigenvalue weighted by molar-refractivity contribution is 0.0746. The number of hydrogen-bond donors (Lipinski definition) is 0. The zero-order valence-electron chi connectivity index (χ0n) is 17.7. The molecule has 1 aromatic carbocycles. The fourth-order valence-electron chi connectivity index (χ4n) is 3.67. The van der Waals surface area contributed by atoms with Crippen molar-refractivity contribution in [1.82, 2.24) is 14.9 Å². The summed E-state index contributed by atoms with van der Waals surface area (Å²) in [6.07, 6.45) is 5.41. The number of amides is 1. The standard InChI is InChI=1S/C22H31N5O2/c1-4-10-27(11-5-2)22-23-16-18(17-24-22)21(28)26-14-12-25(13-15-26)19-8-6-7-9-20(19)29-3/h6-9,16-17H,4-5,10-15H2,1-3H3. The molecule has 0 aliphatic carbocycles. The lowest BCUT2D eigenvalue weighted by atomic mass is 10.2. The molecule has 0 saturated carbocycles. The summed E-state index contributed by atoms with van der Waals surface area (Å²) >= 11 is 0. The second kappa shape index (κ2) is 10.1. The van der Waals surface area contributed by atoms with Crippen LogP contribution in [-0.4, -0.2) is 67.2 Å². The molecule has 1 amide bonds. The fourth-order valence-corrected chi connectivity index (χ4v) is 3.67. The number of hydrogen-bond acceptors (Lipinski definition) is 6. The Bertz CT molecular complexity index is 782. The van der Waals surface area contributed by atoms with Crippen LogP contribution < -0.4 is 14.5 Å². The van der Waals surface area contributed by atoms with Crippen molar-refractivity contribution in [3.63, 3.8) is 0 Å². The summed E-state index contributed by atoms with van der Waals surface area (Å²) < 4.78 is 5.46. The number of rotatable bonds is 8. The largest absolute Gasteiger partial charge is 0.495 e. The zero-order valence-corrected chi connectivity index (χ0v) is 17.7. The van der Waals surface area contributed by atoms with E-state index < -0.39 is 0 Å². The molecule has 0 radical (unpaired) electrons. The Morgan fingerprint density at radius 2 is 1.66 bits per heavy atom. The smallest absolute Gasteiger partial charge is 0.257 e. The van der Waals surface area contributed by atoms with E-state index in [1.165, 1.54) is 0 Å². The van der Waals surface area contributed by atoms with Gasteiger partial charge in [0, 0.05) is 51.7 Å². The van der Waals surface area contributed by atoms with Gasteiger partial charge in [0.25, 0.3) is 5.91 Å². The average molecular weight is 398 g/mol. The van der Waals surface area contributed by atoms with Crippen LogP contribution in [0.25, 0.3) is 0 Å². The van der Waals surface area contributed by atoms with Crippen LogP contribution in [0.5, 0.6) is 5.75 Å². The van der Waals surface area contributed by atoms with Gasteiger partial charge in [-0.1, -0.05) is 26.0 Å². The summed E-state index contributed by atoms with van der Waals surface area (Å²) in [5.74, 6) is 1.56. The maximum Gasteiger partial charge on any atom is 0.257 e. The molecule has 7 nitrogen and oxygen atoms in total. The van der Waals surface area contributed by atoms with Gasteiger partial charge in [0.05, 0.1) is 18.4 Å². The number of nitrogens with zero attached hydrogens (tertiary/aromatic N) is 5. The van der Waals surface area contributed by atoms with E-state index in [1.807, 2.05) is 23.1 Å². The predicted molar refractivity (Wildman–Crippen MR) is 116 cm³/mol. The van der Waals surface area contributed by atoms with Crippen molar-refractivity contribution in [3.8, 4) is 5.75 Å². The summed E-state index contributed by atoms with van der Waals surface area (Å²) in [6.45, 7) is 9.00. The minimum Gasteiger partial charge on any atom is -0.495 e. The van der Waals surface area contributed by atoms with Crippen LogP contribution in [-0.2, 0) is 0 Å². The highest BCUT2D eigenvalue weighted by Gasteiger charge is 2.24. The molecule has 1 aromatic heterocycles. The SMILES string of the molecule is CCCN(CCC)c1ncc(C(=O)N2CCN(c3ccccc3OC)CC2)cn1. The Balaban J connectivity index is 1.62. The van der Waals surface area contributed by atoms with Gasteiger partial charge in [0.2, 0.25) is 5.95 Å². The summed E-state index contributed by atoms with van der Waals surface area (Å²) in [6, 6.07) is 8.00. The molecule has 7 heteroatoms. The molecule has 0 spiro atoms. The number of aromatic nitrogens is 2. The van der Waals surface area contributed by atoms with Crippen molar-refractivity contribution in [2.75, 3.05) is 56.2 Å². The third-order valence-corrected chi connectivity index (χ3v) is 5.15. The summed E-state index contributed by atoms with van der Waals surface area (Å²) in [5, 5.41) is 0. The molecule has 2 heterocycles. The van der Waals surface area contributed by atoms with Crippen molar-refractivity contribution in [3.05, 3.63) is 42.2 Å². The topological polar surface area (TPSA) is 61.8 Å². The number of carbonyl (C=O) groups is 1. The van der Waals surface area contributed by atoms with Gasteiger partial charge in [-0.3, -0.25) is 4.79 Å². The van der Waals surface area contributed by atoms with Crippen LogP contribution in [0.15, 0.2) is 36.7 Å². The van der Waals surface area contributed by atoms with Gasteiger partial charge in [-0.25, -0.2) is 9.97 Å². The lowest BCUT2D eigenvalue weighted by Gasteiger charge is -2.36. The summed E-state index contributed by atoms with van der Waals surface area (Å²) in [4.78, 5) is 28.1. The molecule has 2 aromatic rings. The number of para-hydroxylation sites is 2. The molecular weight excluding hydrogens is 366 g/mol. The molecule has 1 saturated heterocycles. The third-order valence-electron chi connectivity index (χ3n) is 5.15. The molecule has 0 unspecified atom stereocenters. The van der Waals surface area contributed by atoms with Gasteiger partial charge in [-0.2, -0.15) is 0 Å². The number of carbonyl (C=O) groups excluding carboxylic acids is 1. The minimum atomic E-state index is -0.00578. The Morgan fingerprint density at radius 3 is 2.24 bits per heavy atom. The second-order valence-electron chi connectivity index (χ2n) is 7.21. The van der Waals surface area contributed by atoms with E-state index in [9.17, 15) is 4.79 Å². The zero-order chi connectivity index (χ0) is 20.6. The lowest BCUT2D eigenvalue weighted by Crippen LogP contribution is -2.49. The maximum absolute atomic E-state index is 12.9. The van der Waals surface area contributed by atoms with E-state index >= 15 is 0 Å². The third kappa shape index (κ3) is 4.96. The van der Waals surface area contributed by atoms with Crippen LogP contribution in [0.1, 0.15) is 37.0 Å². The minimum absolute atomic E-state index is 0.00578. The molecule has 1 aliphatic heterocycles. The van der Waals surface area contributed by atoms with Crippen LogP contribution >= 0.6 is 0 Å². The molecule has 29 heavy (non-hydrogen) atoms. The number of methoxy groups -OCH3 is 1. The van der Waals surface area contributed by atoms with E-state index in [1.54, 1.807) is 19.5 Å². The van der Waals surface area contributed by atoms with Crippen molar-refractivity contribution in [2.45, 2.75) is 26.7 Å². The Hall–Kier alpha value is -2.83. The number of ether oxygens (including phenoxy) is 1. The van der Waals surface area contributed by atoms with Crippen LogP contribution in [0.3, 0.4) is 0 Å². The first-order valence-electron chi connectivity index (χ1n) is 10.4. The number of piperazine rings is 1. The van der Waals surface area contributed by atoms with Crippen LogP contribution in [0.4, 0.5) is 11.6 Å². The number of benzene rings is 1. The van der Waals surface area contributed by atoms with Crippen molar-refractivity contribution in [2.24, 2.45) is 0 Å². The summed E-state index contributed by atoms with van der Waals surface area (Å²) in [7, 11) is 1.68. The molecule has 1 aliphatic rings. The van der Waals surface area contributed by atoms with Gasteiger partial charge in [-0.15, -0.1) is 0 Å². The monoisotopic (exact) mass is 397 g/mol. The molecule has 0 N–H and O–H groups in total. The van der Waals surface area contributed by atoms with E-state index in [0.29, 0.717) is 24.6 Å². The highest BCUT2D eigenvalue weighted by molar-refractivity contribution is 5.93. The van der Waals surface area contributed by atoms with Gasteiger partial charge >= 0.3 is 0 Å². The van der Waals surface area contributed by atoms with Crippen LogP contribution in [0.2, 0.25) is 0 Å². The quantitative estimate of drug-likeness (QED) is 0.682. The van der Waals surface area contributed by atoms with E-state index in [0.717, 1.165) is 50.5 Å². The Kier molecular flexibility index (Phi) is 7.27. The average Bonchev–Trinajstić information content (AvgIpc) is 2.78. The Labute approximate surface area is 173 Å². The van der Waals surface area contributed by atoms with Crippen molar-refractivity contribution < 1.29 is 9.53 Å². The Morgan fingerprint density at radius 1 is 1.03 bits per heavy atom.